The summed E-state index contributed by atoms with van der Waals surface area (Å²) in [5.74, 6) is 0.568. The summed E-state index contributed by atoms with van der Waals surface area (Å²) >= 11 is 1.23. The highest BCUT2D eigenvalue weighted by atomic mass is 35.5. The van der Waals surface area contributed by atoms with Gasteiger partial charge in [-0.2, -0.15) is 4.31 Å². The van der Waals surface area contributed by atoms with Crippen molar-refractivity contribution in [3.05, 3.63) is 17.0 Å². The van der Waals surface area contributed by atoms with Gasteiger partial charge in [-0.1, -0.05) is 0 Å². The molecular weight excluding hydrogens is 394 g/mol. The van der Waals surface area contributed by atoms with Crippen LogP contribution in [0.15, 0.2) is 16.3 Å². The molecule has 0 aliphatic carbocycles. The number of halogens is 1. The van der Waals surface area contributed by atoms with Crippen LogP contribution < -0.4 is 5.73 Å². The van der Waals surface area contributed by atoms with Crippen LogP contribution in [0.1, 0.15) is 37.5 Å². The van der Waals surface area contributed by atoms with Crippen molar-refractivity contribution in [2.75, 3.05) is 26.2 Å². The maximum Gasteiger partial charge on any atom is 0.252 e. The van der Waals surface area contributed by atoms with E-state index in [4.69, 9.17) is 5.73 Å². The molecule has 9 heteroatoms. The number of hydrogen-bond acceptors (Lipinski definition) is 5. The van der Waals surface area contributed by atoms with Gasteiger partial charge < -0.3 is 10.6 Å². The van der Waals surface area contributed by atoms with Crippen LogP contribution in [-0.4, -0.2) is 55.8 Å². The molecule has 1 aromatic rings. The lowest BCUT2D eigenvalue weighted by atomic mass is 9.91. The molecule has 148 valence electrons. The lowest BCUT2D eigenvalue weighted by Crippen LogP contribution is -2.43. The Hall–Kier alpha value is -0.670. The van der Waals surface area contributed by atoms with E-state index in [0.717, 1.165) is 43.6 Å². The zero-order chi connectivity index (χ0) is 18.0. The number of hydrogen-bond donors (Lipinski definition) is 1. The first-order chi connectivity index (χ1) is 11.9. The third-order valence-electron chi connectivity index (χ3n) is 5.26. The standard InChI is InChI=1S/C17H27N3O3S2.ClH/c1-13(18)14-6-10-19(11-7-14)16(21)12-15-4-5-17(24-15)25(22,23)20-8-2-3-9-20;/h4-5,13-14H,2-3,6-12,18H2,1H3;1H. The van der Waals surface area contributed by atoms with Crippen LogP contribution in [0.5, 0.6) is 0 Å². The minimum Gasteiger partial charge on any atom is -0.342 e. The number of nitrogens with zero attached hydrogens (tertiary/aromatic N) is 2. The number of sulfonamides is 1. The Balaban J connectivity index is 0.00000243. The molecule has 2 N–H and O–H groups in total. The minimum absolute atomic E-state index is 0. The summed E-state index contributed by atoms with van der Waals surface area (Å²) in [5, 5.41) is 0. The van der Waals surface area contributed by atoms with Crippen LogP contribution >= 0.6 is 23.7 Å². The highest BCUT2D eigenvalue weighted by Gasteiger charge is 2.29. The Bertz CT molecular complexity index is 707. The summed E-state index contributed by atoms with van der Waals surface area (Å²) in [4.78, 5) is 15.2. The lowest BCUT2D eigenvalue weighted by molar-refractivity contribution is -0.131. The van der Waals surface area contributed by atoms with E-state index in [-0.39, 0.29) is 30.8 Å². The fraction of sp³-hybridized carbons (Fsp3) is 0.706. The fourth-order valence-electron chi connectivity index (χ4n) is 3.58. The summed E-state index contributed by atoms with van der Waals surface area (Å²) in [5.41, 5.74) is 5.94. The van der Waals surface area contributed by atoms with Crippen LogP contribution in [0.2, 0.25) is 0 Å². The van der Waals surface area contributed by atoms with Crippen molar-refractivity contribution < 1.29 is 13.2 Å². The summed E-state index contributed by atoms with van der Waals surface area (Å²) in [7, 11) is -3.38. The number of piperidine rings is 1. The van der Waals surface area contributed by atoms with Gasteiger partial charge in [0.15, 0.2) is 0 Å². The van der Waals surface area contributed by atoms with Crippen molar-refractivity contribution in [3.63, 3.8) is 0 Å². The maximum absolute atomic E-state index is 12.6. The summed E-state index contributed by atoms with van der Waals surface area (Å²) in [6, 6.07) is 3.59. The average molecular weight is 422 g/mol. The molecule has 3 heterocycles. The van der Waals surface area contributed by atoms with Crippen LogP contribution in [0, 0.1) is 5.92 Å². The van der Waals surface area contributed by atoms with Crippen molar-refractivity contribution in [2.45, 2.75) is 49.3 Å². The number of likely N-dealkylation sites (tertiary alicyclic amines) is 1. The second-order valence-electron chi connectivity index (χ2n) is 7.09. The minimum atomic E-state index is -3.38. The van der Waals surface area contributed by atoms with E-state index < -0.39 is 10.0 Å². The largest absolute Gasteiger partial charge is 0.342 e. The Morgan fingerprint density at radius 3 is 2.42 bits per heavy atom. The van der Waals surface area contributed by atoms with Crippen LogP contribution in [0.3, 0.4) is 0 Å². The molecule has 0 radical (unpaired) electrons. The molecule has 3 rings (SSSR count). The van der Waals surface area contributed by atoms with Crippen LogP contribution in [0.25, 0.3) is 0 Å². The highest BCUT2D eigenvalue weighted by Crippen LogP contribution is 2.28. The molecule has 6 nitrogen and oxygen atoms in total. The highest BCUT2D eigenvalue weighted by molar-refractivity contribution is 7.91. The number of nitrogens with two attached hydrogens (primary N) is 1. The van der Waals surface area contributed by atoms with Gasteiger partial charge in [0.1, 0.15) is 4.21 Å². The Labute approximate surface area is 166 Å². The Morgan fingerprint density at radius 2 is 1.85 bits per heavy atom. The molecule has 1 unspecified atom stereocenters. The van der Waals surface area contributed by atoms with Gasteiger partial charge >= 0.3 is 0 Å². The first-order valence-corrected chi connectivity index (χ1v) is 11.3. The molecule has 26 heavy (non-hydrogen) atoms. The quantitative estimate of drug-likeness (QED) is 0.788. The molecule has 1 atom stereocenters. The van der Waals surface area contributed by atoms with Gasteiger partial charge in [0.05, 0.1) is 6.42 Å². The predicted molar refractivity (Wildman–Crippen MR) is 106 cm³/mol. The molecule has 0 bridgehead atoms. The van der Waals surface area contributed by atoms with Crippen molar-refractivity contribution in [1.29, 1.82) is 0 Å². The number of carbonyl (C=O) groups excluding carboxylic acids is 1. The van der Waals surface area contributed by atoms with Crippen LogP contribution in [-0.2, 0) is 21.2 Å². The molecule has 2 saturated heterocycles. The van der Waals surface area contributed by atoms with E-state index in [9.17, 15) is 13.2 Å². The van der Waals surface area contributed by atoms with Crippen molar-refractivity contribution in [3.8, 4) is 0 Å². The molecule has 0 aromatic carbocycles. The smallest absolute Gasteiger partial charge is 0.252 e. The van der Waals surface area contributed by atoms with Gasteiger partial charge in [0.25, 0.3) is 10.0 Å². The van der Waals surface area contributed by atoms with Crippen molar-refractivity contribution in [1.82, 2.24) is 9.21 Å². The van der Waals surface area contributed by atoms with E-state index in [1.54, 1.807) is 16.4 Å². The summed E-state index contributed by atoms with van der Waals surface area (Å²) in [6.45, 7) is 4.72. The fourth-order valence-corrected chi connectivity index (χ4v) is 6.60. The molecule has 2 aliphatic heterocycles. The van der Waals surface area contributed by atoms with Gasteiger partial charge in [-0.15, -0.1) is 23.7 Å². The normalized spacial score (nSPS) is 20.8. The van der Waals surface area contributed by atoms with E-state index >= 15 is 0 Å². The maximum atomic E-state index is 12.6. The summed E-state index contributed by atoms with van der Waals surface area (Å²) < 4.78 is 27.0. The number of amides is 1. The lowest BCUT2D eigenvalue weighted by Gasteiger charge is -2.33. The summed E-state index contributed by atoms with van der Waals surface area (Å²) in [6.07, 6.45) is 4.02. The molecule has 2 aliphatic rings. The first-order valence-electron chi connectivity index (χ1n) is 9.00. The van der Waals surface area contributed by atoms with E-state index in [1.807, 2.05) is 11.8 Å². The van der Waals surface area contributed by atoms with Crippen molar-refractivity contribution >= 4 is 39.7 Å². The molecule has 0 spiro atoms. The SMILES string of the molecule is CC(N)C1CCN(C(=O)Cc2ccc(S(=O)(=O)N3CCCC3)s2)CC1.Cl. The third-order valence-corrected chi connectivity index (χ3v) is 8.71. The third kappa shape index (κ3) is 4.78. The predicted octanol–water partition coefficient (Wildman–Crippen LogP) is 2.08. The van der Waals surface area contributed by atoms with Gasteiger partial charge in [-0.25, -0.2) is 8.42 Å². The van der Waals surface area contributed by atoms with E-state index in [1.165, 1.54) is 11.3 Å². The molecule has 2 fully saturated rings. The second-order valence-corrected chi connectivity index (χ2v) is 10.4. The zero-order valence-corrected chi connectivity index (χ0v) is 17.5. The Kier molecular flexibility index (Phi) is 7.50. The van der Waals surface area contributed by atoms with E-state index in [2.05, 4.69) is 0 Å². The molecule has 1 aromatic heterocycles. The zero-order valence-electron chi connectivity index (χ0n) is 15.1. The van der Waals surface area contributed by atoms with Crippen molar-refractivity contribution in [2.24, 2.45) is 11.7 Å². The van der Waals surface area contributed by atoms with Gasteiger partial charge in [-0.3, -0.25) is 4.79 Å². The van der Waals surface area contributed by atoms with E-state index in [0.29, 0.717) is 23.2 Å². The number of thiophene rings is 1. The average Bonchev–Trinajstić information content (AvgIpc) is 3.27. The second kappa shape index (κ2) is 9.01. The van der Waals surface area contributed by atoms with Gasteiger partial charge in [0, 0.05) is 37.1 Å². The monoisotopic (exact) mass is 421 g/mol. The van der Waals surface area contributed by atoms with Gasteiger partial charge in [0.2, 0.25) is 5.91 Å². The number of carbonyl (C=O) groups is 1. The molecule has 0 saturated carbocycles. The number of rotatable bonds is 5. The molecular formula is C17H28ClN3O3S2. The molecule has 1 amide bonds. The van der Waals surface area contributed by atoms with Gasteiger partial charge in [-0.05, 0) is 50.7 Å². The van der Waals surface area contributed by atoms with Crippen LogP contribution in [0.4, 0.5) is 0 Å². The first kappa shape index (κ1) is 21.6. The topological polar surface area (TPSA) is 83.7 Å². The Morgan fingerprint density at radius 1 is 1.23 bits per heavy atom.